The third-order valence-corrected chi connectivity index (χ3v) is 5.20. The van der Waals surface area contributed by atoms with Crippen molar-refractivity contribution in [3.05, 3.63) is 35.9 Å². The quantitative estimate of drug-likeness (QED) is 0.747. The van der Waals surface area contributed by atoms with Crippen molar-refractivity contribution in [2.24, 2.45) is 9.98 Å². The summed E-state index contributed by atoms with van der Waals surface area (Å²) in [6, 6.07) is 8.64. The highest BCUT2D eigenvalue weighted by Crippen LogP contribution is 2.30. The summed E-state index contributed by atoms with van der Waals surface area (Å²) in [5.74, 6) is -1.28. The number of hydrogen-bond donors (Lipinski definition) is 1. The zero-order valence-electron chi connectivity index (χ0n) is 18.0. The van der Waals surface area contributed by atoms with Gasteiger partial charge in [0.25, 0.3) is 0 Å². The lowest BCUT2D eigenvalue weighted by atomic mass is 9.96. The van der Waals surface area contributed by atoms with Gasteiger partial charge in [-0.25, -0.2) is 14.8 Å². The molecule has 3 rings (SSSR count). The number of amides is 2. The van der Waals surface area contributed by atoms with Crippen LogP contribution in [0.3, 0.4) is 0 Å². The molecule has 1 unspecified atom stereocenters. The minimum absolute atomic E-state index is 0.110. The smallest absolute Gasteiger partial charge is 0.411 e. The number of carbonyl (C=O) groups is 3. The van der Waals surface area contributed by atoms with E-state index in [4.69, 9.17) is 9.84 Å². The van der Waals surface area contributed by atoms with Crippen molar-refractivity contribution in [2.75, 3.05) is 13.1 Å². The van der Waals surface area contributed by atoms with Gasteiger partial charge in [0.15, 0.2) is 5.66 Å². The topological polar surface area (TPSA) is 112 Å². The van der Waals surface area contributed by atoms with Crippen molar-refractivity contribution in [1.29, 1.82) is 0 Å². The number of carbonyl (C=O) groups excluding carboxylic acids is 2. The number of benzene rings is 1. The maximum absolute atomic E-state index is 13.6. The largest absolute Gasteiger partial charge is 0.481 e. The molecule has 0 spiro atoms. The summed E-state index contributed by atoms with van der Waals surface area (Å²) in [4.78, 5) is 49.1. The molecule has 0 aliphatic carbocycles. The molecule has 166 valence electrons. The molecular weight excluding hydrogens is 400 g/mol. The lowest BCUT2D eigenvalue weighted by Gasteiger charge is -2.46. The number of aliphatic imine (C=N–C) groups is 2. The molecule has 31 heavy (non-hydrogen) atoms. The fraction of sp³-hybridized carbons (Fsp3) is 0.500. The minimum atomic E-state index is -1.15. The summed E-state index contributed by atoms with van der Waals surface area (Å²) >= 11 is 0. The zero-order chi connectivity index (χ0) is 22.6. The van der Waals surface area contributed by atoms with E-state index in [1.807, 2.05) is 30.3 Å². The van der Waals surface area contributed by atoms with Crippen LogP contribution in [-0.2, 0) is 20.7 Å². The Morgan fingerprint density at radius 3 is 2.52 bits per heavy atom. The van der Waals surface area contributed by atoms with E-state index >= 15 is 0 Å². The molecule has 0 radical (unpaired) electrons. The monoisotopic (exact) mass is 428 g/mol. The highest BCUT2D eigenvalue weighted by molar-refractivity contribution is 5.94. The molecule has 0 bridgehead atoms. The van der Waals surface area contributed by atoms with E-state index in [-0.39, 0.29) is 31.8 Å². The molecule has 2 heterocycles. The van der Waals surface area contributed by atoms with Gasteiger partial charge in [0.05, 0.1) is 6.21 Å². The van der Waals surface area contributed by atoms with Crippen molar-refractivity contribution in [3.63, 3.8) is 0 Å². The number of rotatable bonds is 6. The molecule has 2 amide bonds. The molecule has 1 N–H and O–H groups in total. The van der Waals surface area contributed by atoms with Gasteiger partial charge in [-0.05, 0) is 26.3 Å². The number of carboxylic acid groups (broad SMARTS) is 1. The van der Waals surface area contributed by atoms with E-state index in [1.54, 1.807) is 20.8 Å². The van der Waals surface area contributed by atoms with Gasteiger partial charge < -0.3 is 14.7 Å². The molecule has 0 saturated carbocycles. The predicted octanol–water partition coefficient (Wildman–Crippen LogP) is 2.35. The van der Waals surface area contributed by atoms with E-state index in [9.17, 15) is 14.4 Å². The van der Waals surface area contributed by atoms with Crippen LogP contribution in [0.25, 0.3) is 0 Å². The Morgan fingerprint density at radius 1 is 1.23 bits per heavy atom. The summed E-state index contributed by atoms with van der Waals surface area (Å²) < 4.78 is 5.54. The molecule has 1 aromatic rings. The molecular formula is C22H28N4O5. The Labute approximate surface area is 181 Å². The first-order valence-electron chi connectivity index (χ1n) is 10.3. The third kappa shape index (κ3) is 5.28. The van der Waals surface area contributed by atoms with E-state index in [1.165, 1.54) is 22.4 Å². The van der Waals surface area contributed by atoms with Crippen LogP contribution in [0.15, 0.2) is 40.3 Å². The van der Waals surface area contributed by atoms with Gasteiger partial charge in [0, 0.05) is 32.4 Å². The maximum atomic E-state index is 13.6. The van der Waals surface area contributed by atoms with Crippen molar-refractivity contribution >= 4 is 30.5 Å². The molecule has 9 heteroatoms. The average molecular weight is 428 g/mol. The molecule has 2 aliphatic rings. The van der Waals surface area contributed by atoms with Crippen LogP contribution in [0.1, 0.15) is 39.2 Å². The number of aliphatic carboxylic acids is 1. The molecule has 2 atom stereocenters. The second-order valence-electron chi connectivity index (χ2n) is 8.66. The Hall–Kier alpha value is -3.23. The second-order valence-corrected chi connectivity index (χ2v) is 8.66. The van der Waals surface area contributed by atoms with Gasteiger partial charge >= 0.3 is 12.1 Å². The van der Waals surface area contributed by atoms with Crippen LogP contribution in [0, 0.1) is 0 Å². The first-order chi connectivity index (χ1) is 14.6. The van der Waals surface area contributed by atoms with Crippen LogP contribution in [0.2, 0.25) is 0 Å². The Bertz CT molecular complexity index is 879. The van der Waals surface area contributed by atoms with Crippen molar-refractivity contribution in [1.82, 2.24) is 9.80 Å². The molecule has 2 aliphatic heterocycles. The fourth-order valence-corrected chi connectivity index (χ4v) is 3.76. The van der Waals surface area contributed by atoms with Crippen LogP contribution in [0.5, 0.6) is 0 Å². The van der Waals surface area contributed by atoms with Crippen LogP contribution < -0.4 is 0 Å². The fourth-order valence-electron chi connectivity index (χ4n) is 3.76. The van der Waals surface area contributed by atoms with Crippen molar-refractivity contribution in [3.8, 4) is 0 Å². The zero-order valence-corrected chi connectivity index (χ0v) is 18.0. The summed E-state index contributed by atoms with van der Waals surface area (Å²) in [6.45, 7) is 5.78. The van der Waals surface area contributed by atoms with E-state index in [0.717, 1.165) is 5.56 Å². The summed E-state index contributed by atoms with van der Waals surface area (Å²) in [5, 5.41) is 9.15. The number of carboxylic acids is 1. The van der Waals surface area contributed by atoms with Crippen LogP contribution in [-0.4, -0.2) is 75.8 Å². The Balaban J connectivity index is 1.90. The van der Waals surface area contributed by atoms with Crippen LogP contribution >= 0.6 is 0 Å². The highest BCUT2D eigenvalue weighted by Gasteiger charge is 2.47. The van der Waals surface area contributed by atoms with Gasteiger partial charge in [-0.2, -0.15) is 0 Å². The van der Waals surface area contributed by atoms with Gasteiger partial charge in [-0.1, -0.05) is 30.3 Å². The molecule has 0 aromatic heterocycles. The third-order valence-electron chi connectivity index (χ3n) is 5.20. The number of ether oxygens (including phenoxy) is 1. The maximum Gasteiger partial charge on any atom is 0.411 e. The molecule has 1 aromatic carbocycles. The van der Waals surface area contributed by atoms with Gasteiger partial charge in [-0.3, -0.25) is 14.5 Å². The van der Waals surface area contributed by atoms with Crippen molar-refractivity contribution in [2.45, 2.75) is 57.3 Å². The first kappa shape index (κ1) is 22.5. The number of piperazine rings is 1. The first-order valence-corrected chi connectivity index (χ1v) is 10.3. The molecule has 1 saturated heterocycles. The molecule has 1 fully saturated rings. The SMILES string of the molecule is CC(C)(C)OC(=O)N1CCN(C2(CCC(=O)O)C=NC=N2)C(=O)[C@H]1Cc1ccccc1. The lowest BCUT2D eigenvalue weighted by Crippen LogP contribution is -2.65. The number of nitrogens with zero attached hydrogens (tertiary/aromatic N) is 4. The van der Waals surface area contributed by atoms with Gasteiger partial charge in [0.1, 0.15) is 18.0 Å². The highest BCUT2D eigenvalue weighted by atomic mass is 16.6. The molecule has 9 nitrogen and oxygen atoms in total. The van der Waals surface area contributed by atoms with Gasteiger partial charge in [-0.15, -0.1) is 0 Å². The van der Waals surface area contributed by atoms with Crippen LogP contribution in [0.4, 0.5) is 4.79 Å². The summed E-state index contributed by atoms with van der Waals surface area (Å²) in [5.41, 5.74) is -0.941. The summed E-state index contributed by atoms with van der Waals surface area (Å²) in [6.07, 6.45) is 2.55. The minimum Gasteiger partial charge on any atom is -0.481 e. The Kier molecular flexibility index (Phi) is 6.42. The van der Waals surface area contributed by atoms with Gasteiger partial charge in [0.2, 0.25) is 5.91 Å². The van der Waals surface area contributed by atoms with E-state index < -0.39 is 29.4 Å². The number of hydrogen-bond acceptors (Lipinski definition) is 6. The Morgan fingerprint density at radius 2 is 1.94 bits per heavy atom. The second kappa shape index (κ2) is 8.87. The van der Waals surface area contributed by atoms with Crippen molar-refractivity contribution < 1.29 is 24.2 Å². The predicted molar refractivity (Wildman–Crippen MR) is 115 cm³/mol. The van der Waals surface area contributed by atoms with E-state index in [2.05, 4.69) is 9.98 Å². The average Bonchev–Trinajstić information content (AvgIpc) is 3.17. The standard InChI is InChI=1S/C22H28N4O5/c1-21(2,3)31-20(30)25-11-12-26(22(10-9-18(27)28)14-23-15-24-22)19(29)17(25)13-16-7-5-4-6-8-16/h4-8,14-15,17H,9-13H2,1-3H3,(H,27,28)/t17-,22?/m1/s1. The van der Waals surface area contributed by atoms with E-state index in [0.29, 0.717) is 6.42 Å². The summed E-state index contributed by atoms with van der Waals surface area (Å²) in [7, 11) is 0. The lowest BCUT2D eigenvalue weighted by molar-refractivity contribution is -0.147. The normalized spacial score (nSPS) is 23.3.